The van der Waals surface area contributed by atoms with E-state index >= 15 is 0 Å². The number of nitrogens with zero attached hydrogens (tertiary/aromatic N) is 1. The van der Waals surface area contributed by atoms with Crippen molar-refractivity contribution in [2.75, 3.05) is 13.7 Å². The zero-order chi connectivity index (χ0) is 20.4. The molecule has 2 aromatic carbocycles. The highest BCUT2D eigenvalue weighted by Gasteiger charge is 2.40. The summed E-state index contributed by atoms with van der Waals surface area (Å²) in [5.74, 6) is -6.91. The second-order valence-corrected chi connectivity index (χ2v) is 6.67. The second-order valence-electron chi connectivity index (χ2n) is 6.67. The molecule has 0 saturated carbocycles. The largest absolute Gasteiger partial charge is 0.497 e. The van der Waals surface area contributed by atoms with E-state index in [0.29, 0.717) is 17.9 Å². The molecule has 0 aliphatic carbocycles. The van der Waals surface area contributed by atoms with Gasteiger partial charge in [0.25, 0.3) is 0 Å². The molecule has 1 aliphatic rings. The van der Waals surface area contributed by atoms with E-state index in [1.54, 1.807) is 24.3 Å². The number of amides is 1. The average molecular weight is 393 g/mol. The molecule has 0 radical (unpaired) electrons. The van der Waals surface area contributed by atoms with E-state index in [1.807, 2.05) is 0 Å². The minimum atomic E-state index is -1.36. The van der Waals surface area contributed by atoms with Crippen molar-refractivity contribution in [2.45, 2.75) is 18.9 Å². The lowest BCUT2D eigenvalue weighted by molar-refractivity contribution is -0.149. The Morgan fingerprint density at radius 2 is 1.79 bits per heavy atom. The van der Waals surface area contributed by atoms with Gasteiger partial charge in [-0.25, -0.2) is 13.2 Å². The zero-order valence-corrected chi connectivity index (χ0v) is 15.0. The molecule has 28 heavy (non-hydrogen) atoms. The van der Waals surface area contributed by atoms with Crippen LogP contribution in [-0.2, 0) is 16.1 Å². The highest BCUT2D eigenvalue weighted by Crippen LogP contribution is 2.36. The van der Waals surface area contributed by atoms with Crippen LogP contribution in [0.3, 0.4) is 0 Å². The predicted molar refractivity (Wildman–Crippen MR) is 93.2 cm³/mol. The van der Waals surface area contributed by atoms with Gasteiger partial charge in [0.2, 0.25) is 5.91 Å². The van der Waals surface area contributed by atoms with Crippen molar-refractivity contribution < 1.29 is 32.6 Å². The fourth-order valence-electron chi connectivity index (χ4n) is 3.43. The van der Waals surface area contributed by atoms with Crippen molar-refractivity contribution in [3.63, 3.8) is 0 Å². The van der Waals surface area contributed by atoms with Crippen LogP contribution in [-0.4, -0.2) is 35.5 Å². The zero-order valence-electron chi connectivity index (χ0n) is 15.0. The number of methoxy groups -OCH3 is 1. The number of halogens is 3. The summed E-state index contributed by atoms with van der Waals surface area (Å²) in [5.41, 5.74) is 0.472. The number of hydrogen-bond acceptors (Lipinski definition) is 3. The van der Waals surface area contributed by atoms with E-state index in [0.717, 1.165) is 5.56 Å². The van der Waals surface area contributed by atoms with Gasteiger partial charge in [-0.1, -0.05) is 12.1 Å². The van der Waals surface area contributed by atoms with E-state index in [2.05, 4.69) is 0 Å². The van der Waals surface area contributed by atoms with Gasteiger partial charge in [-0.05, 0) is 29.3 Å². The molecule has 1 saturated heterocycles. The Kier molecular flexibility index (Phi) is 5.58. The molecule has 1 amide bonds. The quantitative estimate of drug-likeness (QED) is 0.792. The number of hydrogen-bond donors (Lipinski definition) is 1. The molecule has 0 unspecified atom stereocenters. The maximum absolute atomic E-state index is 14.2. The Morgan fingerprint density at radius 1 is 1.14 bits per heavy atom. The third-order valence-corrected chi connectivity index (χ3v) is 4.94. The minimum absolute atomic E-state index is 0.163. The first-order valence-corrected chi connectivity index (χ1v) is 8.58. The third-order valence-electron chi connectivity index (χ3n) is 4.94. The highest BCUT2D eigenvalue weighted by atomic mass is 19.2. The van der Waals surface area contributed by atoms with Crippen molar-refractivity contribution >= 4 is 11.9 Å². The van der Waals surface area contributed by atoms with E-state index in [1.165, 1.54) is 12.0 Å². The number of carboxylic acid groups (broad SMARTS) is 1. The van der Waals surface area contributed by atoms with Crippen LogP contribution in [0.15, 0.2) is 36.4 Å². The Labute approximate surface area is 159 Å². The number of aliphatic carboxylic acids is 1. The number of benzene rings is 2. The Balaban J connectivity index is 1.84. The van der Waals surface area contributed by atoms with Gasteiger partial charge in [0.15, 0.2) is 11.6 Å². The van der Waals surface area contributed by atoms with Crippen molar-refractivity contribution in [3.8, 4) is 5.75 Å². The van der Waals surface area contributed by atoms with Crippen LogP contribution in [0.5, 0.6) is 5.75 Å². The number of likely N-dealkylation sites (tertiary alicyclic amines) is 1. The molecule has 0 spiro atoms. The molecule has 2 aromatic rings. The molecular weight excluding hydrogens is 375 g/mol. The van der Waals surface area contributed by atoms with Gasteiger partial charge in [-0.15, -0.1) is 0 Å². The van der Waals surface area contributed by atoms with E-state index in [4.69, 9.17) is 4.74 Å². The van der Waals surface area contributed by atoms with Crippen LogP contribution >= 0.6 is 0 Å². The molecule has 148 valence electrons. The third kappa shape index (κ3) is 3.95. The summed E-state index contributed by atoms with van der Waals surface area (Å²) >= 11 is 0. The first-order valence-electron chi connectivity index (χ1n) is 8.58. The van der Waals surface area contributed by atoms with Crippen molar-refractivity contribution in [1.29, 1.82) is 0 Å². The summed E-state index contributed by atoms with van der Waals surface area (Å²) in [6, 6.07) is 7.96. The Bertz CT molecular complexity index is 901. The van der Waals surface area contributed by atoms with E-state index in [-0.39, 0.29) is 31.0 Å². The van der Waals surface area contributed by atoms with Crippen LogP contribution in [0.1, 0.15) is 23.5 Å². The van der Waals surface area contributed by atoms with Crippen LogP contribution in [0.2, 0.25) is 0 Å². The summed E-state index contributed by atoms with van der Waals surface area (Å²) in [6.45, 7) is 0.0168. The minimum Gasteiger partial charge on any atom is -0.497 e. The SMILES string of the molecule is COc1ccc(CN2C[C@@H](C(=O)O)[C@H](c3cc(F)c(F)cc3F)CC2=O)cc1. The van der Waals surface area contributed by atoms with Crippen LogP contribution in [0.4, 0.5) is 13.2 Å². The number of piperidine rings is 1. The Hall–Kier alpha value is -3.03. The molecule has 1 fully saturated rings. The highest BCUT2D eigenvalue weighted by molar-refractivity contribution is 5.82. The maximum Gasteiger partial charge on any atom is 0.308 e. The van der Waals surface area contributed by atoms with Crippen LogP contribution in [0.25, 0.3) is 0 Å². The van der Waals surface area contributed by atoms with Gasteiger partial charge in [-0.2, -0.15) is 0 Å². The van der Waals surface area contributed by atoms with Gasteiger partial charge in [0, 0.05) is 31.5 Å². The van der Waals surface area contributed by atoms with Gasteiger partial charge in [0.05, 0.1) is 13.0 Å². The Morgan fingerprint density at radius 3 is 2.39 bits per heavy atom. The lowest BCUT2D eigenvalue weighted by Gasteiger charge is -2.36. The molecule has 3 rings (SSSR count). The first-order chi connectivity index (χ1) is 13.3. The normalized spacial score (nSPS) is 19.6. The van der Waals surface area contributed by atoms with Gasteiger partial charge >= 0.3 is 5.97 Å². The lowest BCUT2D eigenvalue weighted by Crippen LogP contribution is -2.46. The summed E-state index contributed by atoms with van der Waals surface area (Å²) in [6.07, 6.45) is -0.310. The molecule has 1 heterocycles. The number of ether oxygens (including phenoxy) is 1. The number of carbonyl (C=O) groups excluding carboxylic acids is 1. The fourth-order valence-corrected chi connectivity index (χ4v) is 3.43. The standard InChI is InChI=1S/C20H18F3NO4/c1-28-12-4-2-11(3-5-12)9-24-10-15(20(26)27)13(7-19(24)25)14-6-17(22)18(23)8-16(14)21/h2-6,8,13,15H,7,9-10H2,1H3,(H,26,27)/t13-,15+/m0/s1. The predicted octanol–water partition coefficient (Wildman–Crippen LogP) is 3.33. The van der Waals surface area contributed by atoms with Crippen molar-refractivity contribution in [3.05, 3.63) is 65.0 Å². The van der Waals surface area contributed by atoms with Crippen molar-refractivity contribution in [1.82, 2.24) is 4.90 Å². The topological polar surface area (TPSA) is 66.8 Å². The maximum atomic E-state index is 14.2. The van der Waals surface area contributed by atoms with Gasteiger partial charge < -0.3 is 14.7 Å². The lowest BCUT2D eigenvalue weighted by atomic mass is 9.79. The molecule has 1 aliphatic heterocycles. The van der Waals surface area contributed by atoms with Crippen molar-refractivity contribution in [2.24, 2.45) is 5.92 Å². The monoisotopic (exact) mass is 393 g/mol. The average Bonchev–Trinajstić information content (AvgIpc) is 2.66. The molecule has 2 atom stereocenters. The van der Waals surface area contributed by atoms with E-state index in [9.17, 15) is 27.9 Å². The number of rotatable bonds is 5. The molecule has 1 N–H and O–H groups in total. The molecular formula is C20H18F3NO4. The first kappa shape index (κ1) is 19.7. The summed E-state index contributed by atoms with van der Waals surface area (Å²) in [5, 5.41) is 9.58. The summed E-state index contributed by atoms with van der Waals surface area (Å²) in [4.78, 5) is 25.7. The summed E-state index contributed by atoms with van der Waals surface area (Å²) < 4.78 is 46.0. The smallest absolute Gasteiger partial charge is 0.308 e. The van der Waals surface area contributed by atoms with Gasteiger partial charge in [-0.3, -0.25) is 9.59 Å². The van der Waals surface area contributed by atoms with Crippen LogP contribution in [0, 0.1) is 23.4 Å². The molecule has 5 nitrogen and oxygen atoms in total. The fraction of sp³-hybridized carbons (Fsp3) is 0.300. The van der Waals surface area contributed by atoms with Crippen LogP contribution < -0.4 is 4.74 Å². The van der Waals surface area contributed by atoms with E-state index < -0.39 is 35.3 Å². The number of carbonyl (C=O) groups is 2. The second kappa shape index (κ2) is 7.92. The molecule has 0 aromatic heterocycles. The summed E-state index contributed by atoms with van der Waals surface area (Å²) in [7, 11) is 1.53. The van der Waals surface area contributed by atoms with Gasteiger partial charge in [0.1, 0.15) is 11.6 Å². The number of carboxylic acids is 1. The molecule has 0 bridgehead atoms. The molecule has 8 heteroatoms.